The smallest absolute Gasteiger partial charge is 0.409 e. The highest BCUT2D eigenvalue weighted by Gasteiger charge is 2.22. The number of aryl methyl sites for hydroxylation is 1. The van der Waals surface area contributed by atoms with Gasteiger partial charge in [0.1, 0.15) is 0 Å². The molecule has 0 bridgehead atoms. The first kappa shape index (κ1) is 15.5. The van der Waals surface area contributed by atoms with Gasteiger partial charge in [-0.15, -0.1) is 0 Å². The third-order valence-corrected chi connectivity index (χ3v) is 3.82. The van der Waals surface area contributed by atoms with Gasteiger partial charge in [0.15, 0.2) is 0 Å². The van der Waals surface area contributed by atoms with Crippen LogP contribution in [0.25, 0.3) is 0 Å². The van der Waals surface area contributed by atoms with Crippen LogP contribution in [0.4, 0.5) is 16.2 Å². The molecule has 1 heterocycles. The summed E-state index contributed by atoms with van der Waals surface area (Å²) >= 11 is 0. The molecule has 0 spiro atoms. The highest BCUT2D eigenvalue weighted by molar-refractivity contribution is 5.68. The summed E-state index contributed by atoms with van der Waals surface area (Å²) in [7, 11) is 0. The van der Waals surface area contributed by atoms with Gasteiger partial charge in [0, 0.05) is 37.6 Å². The van der Waals surface area contributed by atoms with E-state index in [1.165, 1.54) is 11.3 Å². The Balaban J connectivity index is 1.86. The molecule has 1 aromatic rings. The molecule has 1 aromatic carbocycles. The van der Waals surface area contributed by atoms with E-state index in [-0.39, 0.29) is 6.09 Å². The van der Waals surface area contributed by atoms with Crippen LogP contribution in [0, 0.1) is 6.92 Å². The molecule has 21 heavy (non-hydrogen) atoms. The fourth-order valence-corrected chi connectivity index (χ4v) is 2.56. The fourth-order valence-electron chi connectivity index (χ4n) is 2.56. The van der Waals surface area contributed by atoms with Gasteiger partial charge in [0.2, 0.25) is 0 Å². The molecule has 1 amide bonds. The van der Waals surface area contributed by atoms with Crippen molar-refractivity contribution in [3.05, 3.63) is 23.8 Å². The molecule has 1 fully saturated rings. The van der Waals surface area contributed by atoms with Crippen LogP contribution in [0.15, 0.2) is 18.2 Å². The van der Waals surface area contributed by atoms with Gasteiger partial charge in [-0.05, 0) is 37.1 Å². The van der Waals surface area contributed by atoms with Gasteiger partial charge in [0.25, 0.3) is 0 Å². The van der Waals surface area contributed by atoms with Gasteiger partial charge in [-0.25, -0.2) is 4.79 Å². The van der Waals surface area contributed by atoms with Crippen LogP contribution in [0.5, 0.6) is 0 Å². The first-order chi connectivity index (χ1) is 10.1. The number of hydrogen-bond donors (Lipinski definition) is 1. The number of benzene rings is 1. The van der Waals surface area contributed by atoms with Crippen LogP contribution in [-0.4, -0.2) is 43.8 Å². The van der Waals surface area contributed by atoms with Crippen molar-refractivity contribution in [1.29, 1.82) is 0 Å². The molecular weight excluding hydrogens is 266 g/mol. The van der Waals surface area contributed by atoms with Crippen molar-refractivity contribution in [2.24, 2.45) is 0 Å². The number of carbonyl (C=O) groups excluding carboxylic acids is 1. The molecule has 0 radical (unpaired) electrons. The molecule has 116 valence electrons. The molecule has 0 saturated carbocycles. The molecule has 1 aliphatic heterocycles. The summed E-state index contributed by atoms with van der Waals surface area (Å²) < 4.78 is 5.25. The zero-order valence-corrected chi connectivity index (χ0v) is 13.0. The zero-order chi connectivity index (χ0) is 15.2. The molecule has 5 heteroatoms. The Hall–Kier alpha value is -1.91. The van der Waals surface area contributed by atoms with Gasteiger partial charge in [-0.1, -0.05) is 13.3 Å². The summed E-state index contributed by atoms with van der Waals surface area (Å²) in [5.41, 5.74) is 8.95. The van der Waals surface area contributed by atoms with Gasteiger partial charge in [-0.2, -0.15) is 0 Å². The third-order valence-electron chi connectivity index (χ3n) is 3.82. The Morgan fingerprint density at radius 2 is 2.00 bits per heavy atom. The van der Waals surface area contributed by atoms with Crippen molar-refractivity contribution in [1.82, 2.24) is 4.90 Å². The van der Waals surface area contributed by atoms with Gasteiger partial charge in [0.05, 0.1) is 6.61 Å². The molecule has 2 N–H and O–H groups in total. The first-order valence-corrected chi connectivity index (χ1v) is 7.64. The van der Waals surface area contributed by atoms with Crippen LogP contribution in [0.2, 0.25) is 0 Å². The fraction of sp³-hybridized carbons (Fsp3) is 0.562. The van der Waals surface area contributed by atoms with Crippen molar-refractivity contribution < 1.29 is 9.53 Å². The van der Waals surface area contributed by atoms with Crippen LogP contribution in [-0.2, 0) is 4.74 Å². The summed E-state index contributed by atoms with van der Waals surface area (Å²) in [6.45, 7) is 7.73. The van der Waals surface area contributed by atoms with E-state index in [0.29, 0.717) is 19.7 Å². The minimum Gasteiger partial charge on any atom is -0.449 e. The molecule has 0 unspecified atom stereocenters. The molecule has 0 aliphatic carbocycles. The molecular formula is C16H25N3O2. The first-order valence-electron chi connectivity index (χ1n) is 7.64. The third kappa shape index (κ3) is 4.03. The average molecular weight is 291 g/mol. The number of nitrogens with two attached hydrogens (primary N) is 1. The van der Waals surface area contributed by atoms with Crippen molar-refractivity contribution in [2.75, 3.05) is 43.4 Å². The monoisotopic (exact) mass is 291 g/mol. The number of anilines is 2. The lowest BCUT2D eigenvalue weighted by molar-refractivity contribution is 0.0989. The van der Waals surface area contributed by atoms with Crippen molar-refractivity contribution in [3.8, 4) is 0 Å². The number of nitrogen functional groups attached to an aromatic ring is 1. The second-order valence-corrected chi connectivity index (χ2v) is 5.49. The minimum absolute atomic E-state index is 0.183. The van der Waals surface area contributed by atoms with Gasteiger partial charge < -0.3 is 20.3 Å². The summed E-state index contributed by atoms with van der Waals surface area (Å²) in [5, 5.41) is 0. The molecule has 1 saturated heterocycles. The Bertz CT molecular complexity index is 482. The SMILES string of the molecule is CCCCOC(=O)N1CCN(c2ccc(N)cc2C)CC1. The number of amides is 1. The number of rotatable bonds is 4. The largest absolute Gasteiger partial charge is 0.449 e. The van der Waals surface area contributed by atoms with Crippen molar-refractivity contribution in [2.45, 2.75) is 26.7 Å². The second-order valence-electron chi connectivity index (χ2n) is 5.49. The number of piperazine rings is 1. The minimum atomic E-state index is -0.183. The topological polar surface area (TPSA) is 58.8 Å². The van der Waals surface area contributed by atoms with Crippen LogP contribution >= 0.6 is 0 Å². The van der Waals surface area contributed by atoms with E-state index < -0.39 is 0 Å². The maximum absolute atomic E-state index is 11.9. The predicted molar refractivity (Wildman–Crippen MR) is 85.6 cm³/mol. The molecule has 0 atom stereocenters. The maximum atomic E-state index is 11.9. The van der Waals surface area contributed by atoms with E-state index in [2.05, 4.69) is 24.8 Å². The van der Waals surface area contributed by atoms with E-state index in [0.717, 1.165) is 31.6 Å². The second kappa shape index (κ2) is 7.20. The highest BCUT2D eigenvalue weighted by atomic mass is 16.6. The number of ether oxygens (including phenoxy) is 1. The van der Waals surface area contributed by atoms with E-state index >= 15 is 0 Å². The Labute approximate surface area is 126 Å². The van der Waals surface area contributed by atoms with Crippen molar-refractivity contribution >= 4 is 17.5 Å². The predicted octanol–water partition coefficient (Wildman–Crippen LogP) is 2.64. The highest BCUT2D eigenvalue weighted by Crippen LogP contribution is 2.23. The maximum Gasteiger partial charge on any atom is 0.409 e. The lowest BCUT2D eigenvalue weighted by Gasteiger charge is -2.36. The van der Waals surface area contributed by atoms with Crippen LogP contribution in [0.1, 0.15) is 25.3 Å². The summed E-state index contributed by atoms with van der Waals surface area (Å²) in [6, 6.07) is 5.97. The van der Waals surface area contributed by atoms with Gasteiger partial charge >= 0.3 is 6.09 Å². The summed E-state index contributed by atoms with van der Waals surface area (Å²) in [6.07, 6.45) is 1.78. The van der Waals surface area contributed by atoms with E-state index in [4.69, 9.17) is 10.5 Å². The Morgan fingerprint density at radius 1 is 1.29 bits per heavy atom. The standard InChI is InChI=1S/C16H25N3O2/c1-3-4-11-21-16(20)19-9-7-18(8-10-19)15-6-5-14(17)12-13(15)2/h5-6,12H,3-4,7-11,17H2,1-2H3. The zero-order valence-electron chi connectivity index (χ0n) is 13.0. The molecule has 2 rings (SSSR count). The molecule has 5 nitrogen and oxygen atoms in total. The molecule has 1 aliphatic rings. The summed E-state index contributed by atoms with van der Waals surface area (Å²) in [4.78, 5) is 16.0. The van der Waals surface area contributed by atoms with Crippen molar-refractivity contribution in [3.63, 3.8) is 0 Å². The van der Waals surface area contributed by atoms with E-state index in [1.807, 2.05) is 12.1 Å². The quantitative estimate of drug-likeness (QED) is 0.684. The number of carbonyl (C=O) groups is 1. The lowest BCUT2D eigenvalue weighted by atomic mass is 10.1. The van der Waals surface area contributed by atoms with Crippen LogP contribution < -0.4 is 10.6 Å². The number of nitrogens with zero attached hydrogens (tertiary/aromatic N) is 2. The summed E-state index contributed by atoms with van der Waals surface area (Å²) in [5.74, 6) is 0. The van der Waals surface area contributed by atoms with E-state index in [9.17, 15) is 4.79 Å². The average Bonchev–Trinajstić information content (AvgIpc) is 2.48. The normalized spacial score (nSPS) is 15.1. The lowest BCUT2D eigenvalue weighted by Crippen LogP contribution is -2.49. The van der Waals surface area contributed by atoms with Crippen LogP contribution in [0.3, 0.4) is 0 Å². The number of unbranched alkanes of at least 4 members (excludes halogenated alkanes) is 1. The van der Waals surface area contributed by atoms with Gasteiger partial charge in [-0.3, -0.25) is 0 Å². The Kier molecular flexibility index (Phi) is 5.31. The number of hydrogen-bond acceptors (Lipinski definition) is 4. The van der Waals surface area contributed by atoms with E-state index in [1.54, 1.807) is 4.90 Å². The Morgan fingerprint density at radius 3 is 2.62 bits per heavy atom. The molecule has 0 aromatic heterocycles.